The predicted octanol–water partition coefficient (Wildman–Crippen LogP) is 3.13. The summed E-state index contributed by atoms with van der Waals surface area (Å²) in [4.78, 5) is 2.19. The van der Waals surface area contributed by atoms with E-state index in [2.05, 4.69) is 4.90 Å². The number of nitrogens with zero attached hydrogens (tertiary/aromatic N) is 1. The van der Waals surface area contributed by atoms with Crippen molar-refractivity contribution in [3.8, 4) is 0 Å². The highest BCUT2D eigenvalue weighted by Crippen LogP contribution is 2.32. The van der Waals surface area contributed by atoms with Gasteiger partial charge in [0.05, 0.1) is 6.10 Å². The number of aliphatic hydroxyl groups is 1. The molecule has 1 N–H and O–H groups in total. The molecule has 18 heavy (non-hydrogen) atoms. The molecule has 0 amide bonds. The Balaban J connectivity index is 2.38. The molecule has 4 heteroatoms. The number of hydrogen-bond acceptors (Lipinski definition) is 3. The van der Waals surface area contributed by atoms with Crippen LogP contribution in [0.4, 0.5) is 10.1 Å². The minimum Gasteiger partial charge on any atom is -0.389 e. The Morgan fingerprint density at radius 1 is 1.50 bits per heavy atom. The summed E-state index contributed by atoms with van der Waals surface area (Å²) in [7, 11) is 2.04. The zero-order valence-corrected chi connectivity index (χ0v) is 11.9. The van der Waals surface area contributed by atoms with Gasteiger partial charge in [-0.2, -0.15) is 11.8 Å². The maximum atomic E-state index is 13.6. The molecule has 1 saturated heterocycles. The molecule has 2 rings (SSSR count). The van der Waals surface area contributed by atoms with E-state index in [1.807, 2.05) is 24.9 Å². The monoisotopic (exact) mass is 269 g/mol. The van der Waals surface area contributed by atoms with Crippen LogP contribution >= 0.6 is 11.8 Å². The van der Waals surface area contributed by atoms with Crippen molar-refractivity contribution in [1.29, 1.82) is 0 Å². The first-order chi connectivity index (χ1) is 8.50. The summed E-state index contributed by atoms with van der Waals surface area (Å²) in [5.74, 6) is 2.04. The molecule has 0 spiro atoms. The minimum atomic E-state index is -0.647. The van der Waals surface area contributed by atoms with Crippen LogP contribution in [0, 0.1) is 12.7 Å². The second-order valence-corrected chi connectivity index (χ2v) is 6.11. The Morgan fingerprint density at radius 2 is 2.22 bits per heavy atom. The van der Waals surface area contributed by atoms with Gasteiger partial charge in [-0.3, -0.25) is 0 Å². The van der Waals surface area contributed by atoms with Gasteiger partial charge in [0.1, 0.15) is 5.82 Å². The Hall–Kier alpha value is -0.740. The molecule has 1 aromatic rings. The number of rotatable bonds is 3. The standard InChI is InChI=1S/C14H20FNOS/c1-9-6-14(12(10(2)17)7-13(9)15)16(3)11-4-5-18-8-11/h6-7,10-11,17H,4-5,8H2,1-3H3. The molecule has 0 aromatic heterocycles. The van der Waals surface area contributed by atoms with Crippen molar-refractivity contribution < 1.29 is 9.50 Å². The summed E-state index contributed by atoms with van der Waals surface area (Å²) in [5.41, 5.74) is 2.26. The van der Waals surface area contributed by atoms with Gasteiger partial charge in [0.2, 0.25) is 0 Å². The molecule has 0 bridgehead atoms. The first-order valence-corrected chi connectivity index (χ1v) is 7.45. The first kappa shape index (κ1) is 13.7. The molecule has 1 aliphatic rings. The van der Waals surface area contributed by atoms with E-state index in [1.165, 1.54) is 11.8 Å². The van der Waals surface area contributed by atoms with E-state index in [0.29, 0.717) is 17.2 Å². The summed E-state index contributed by atoms with van der Waals surface area (Å²) in [5, 5.41) is 9.81. The van der Waals surface area contributed by atoms with Gasteiger partial charge >= 0.3 is 0 Å². The van der Waals surface area contributed by atoms with E-state index < -0.39 is 6.10 Å². The van der Waals surface area contributed by atoms with Crippen molar-refractivity contribution in [3.63, 3.8) is 0 Å². The number of hydrogen-bond donors (Lipinski definition) is 1. The molecule has 0 aliphatic carbocycles. The van der Waals surface area contributed by atoms with Crippen molar-refractivity contribution in [2.75, 3.05) is 23.5 Å². The van der Waals surface area contributed by atoms with Crippen LogP contribution in [-0.4, -0.2) is 29.7 Å². The van der Waals surface area contributed by atoms with E-state index in [-0.39, 0.29) is 5.82 Å². The normalized spacial score (nSPS) is 21.1. The number of benzene rings is 1. The fourth-order valence-electron chi connectivity index (χ4n) is 2.35. The molecule has 0 saturated carbocycles. The quantitative estimate of drug-likeness (QED) is 0.912. The second-order valence-electron chi connectivity index (χ2n) is 4.96. The van der Waals surface area contributed by atoms with Gasteiger partial charge in [-0.15, -0.1) is 0 Å². The predicted molar refractivity (Wildman–Crippen MR) is 75.9 cm³/mol. The number of anilines is 1. The number of halogens is 1. The lowest BCUT2D eigenvalue weighted by Gasteiger charge is -2.29. The number of aliphatic hydroxyl groups excluding tert-OH is 1. The fourth-order valence-corrected chi connectivity index (χ4v) is 3.61. The van der Waals surface area contributed by atoms with Crippen molar-refractivity contribution in [2.45, 2.75) is 32.4 Å². The molecule has 0 radical (unpaired) electrons. The van der Waals surface area contributed by atoms with Crippen LogP contribution < -0.4 is 4.90 Å². The van der Waals surface area contributed by atoms with Crippen LogP contribution in [0.15, 0.2) is 12.1 Å². The second kappa shape index (κ2) is 5.49. The smallest absolute Gasteiger partial charge is 0.126 e. The average Bonchev–Trinajstić information content (AvgIpc) is 2.84. The Kier molecular flexibility index (Phi) is 4.17. The van der Waals surface area contributed by atoms with Gasteiger partial charge < -0.3 is 10.0 Å². The van der Waals surface area contributed by atoms with Gasteiger partial charge in [-0.1, -0.05) is 0 Å². The van der Waals surface area contributed by atoms with E-state index in [4.69, 9.17) is 0 Å². The minimum absolute atomic E-state index is 0.246. The lowest BCUT2D eigenvalue weighted by Crippen LogP contribution is -2.32. The molecule has 1 aromatic carbocycles. The molecule has 100 valence electrons. The van der Waals surface area contributed by atoms with Gasteiger partial charge in [0.25, 0.3) is 0 Å². The van der Waals surface area contributed by atoms with E-state index in [1.54, 1.807) is 13.8 Å². The molecule has 1 aliphatic heterocycles. The average molecular weight is 269 g/mol. The molecule has 2 unspecified atom stereocenters. The van der Waals surface area contributed by atoms with E-state index in [9.17, 15) is 9.50 Å². The van der Waals surface area contributed by atoms with Gasteiger partial charge in [0.15, 0.2) is 0 Å². The van der Waals surface area contributed by atoms with Crippen LogP contribution in [0.3, 0.4) is 0 Å². The summed E-state index contributed by atoms with van der Waals surface area (Å²) < 4.78 is 13.6. The highest BCUT2D eigenvalue weighted by molar-refractivity contribution is 7.99. The maximum absolute atomic E-state index is 13.6. The summed E-state index contributed by atoms with van der Waals surface area (Å²) in [6.07, 6.45) is 0.503. The number of thioether (sulfide) groups is 1. The Bertz CT molecular complexity index is 430. The topological polar surface area (TPSA) is 23.5 Å². The Morgan fingerprint density at radius 3 is 2.78 bits per heavy atom. The molecule has 1 heterocycles. The third kappa shape index (κ3) is 2.64. The maximum Gasteiger partial charge on any atom is 0.126 e. The van der Waals surface area contributed by atoms with Gasteiger partial charge in [0, 0.05) is 30.1 Å². The van der Waals surface area contributed by atoms with Gasteiger partial charge in [-0.05, 0) is 43.7 Å². The van der Waals surface area contributed by atoms with Crippen molar-refractivity contribution in [2.24, 2.45) is 0 Å². The molecule has 1 fully saturated rings. The lowest BCUT2D eigenvalue weighted by atomic mass is 10.0. The highest BCUT2D eigenvalue weighted by atomic mass is 32.2. The van der Waals surface area contributed by atoms with Crippen molar-refractivity contribution in [3.05, 3.63) is 29.1 Å². The summed E-state index contributed by atoms with van der Waals surface area (Å²) in [6.45, 7) is 3.45. The van der Waals surface area contributed by atoms with E-state index in [0.717, 1.165) is 17.9 Å². The van der Waals surface area contributed by atoms with Crippen molar-refractivity contribution >= 4 is 17.4 Å². The molecular formula is C14H20FNOS. The zero-order valence-electron chi connectivity index (χ0n) is 11.1. The zero-order chi connectivity index (χ0) is 13.3. The fraction of sp³-hybridized carbons (Fsp3) is 0.571. The van der Waals surface area contributed by atoms with Crippen LogP contribution in [0.25, 0.3) is 0 Å². The van der Waals surface area contributed by atoms with Crippen LogP contribution in [0.5, 0.6) is 0 Å². The lowest BCUT2D eigenvalue weighted by molar-refractivity contribution is 0.199. The van der Waals surface area contributed by atoms with Crippen LogP contribution in [0.1, 0.15) is 30.6 Å². The highest BCUT2D eigenvalue weighted by Gasteiger charge is 2.23. The largest absolute Gasteiger partial charge is 0.389 e. The number of aryl methyl sites for hydroxylation is 1. The van der Waals surface area contributed by atoms with Crippen molar-refractivity contribution in [1.82, 2.24) is 0 Å². The third-order valence-corrected chi connectivity index (χ3v) is 4.74. The summed E-state index contributed by atoms with van der Waals surface area (Å²) in [6, 6.07) is 3.80. The Labute approximate surface area is 112 Å². The summed E-state index contributed by atoms with van der Waals surface area (Å²) >= 11 is 1.95. The molecule has 2 nitrogen and oxygen atoms in total. The van der Waals surface area contributed by atoms with Crippen LogP contribution in [0.2, 0.25) is 0 Å². The first-order valence-electron chi connectivity index (χ1n) is 6.29. The molecular weight excluding hydrogens is 249 g/mol. The van der Waals surface area contributed by atoms with E-state index >= 15 is 0 Å². The SMILES string of the molecule is Cc1cc(N(C)C2CCSC2)c(C(C)O)cc1F. The van der Waals surface area contributed by atoms with Crippen LogP contribution in [-0.2, 0) is 0 Å². The third-order valence-electron chi connectivity index (χ3n) is 3.59. The van der Waals surface area contributed by atoms with Gasteiger partial charge in [-0.25, -0.2) is 4.39 Å². The molecule has 2 atom stereocenters.